The molecule has 1 saturated heterocycles. The molecule has 2 atom stereocenters. The molecule has 3 rings (SSSR count). The molecule has 0 bridgehead atoms. The summed E-state index contributed by atoms with van der Waals surface area (Å²) in [6.07, 6.45) is 4.61. The number of carbonyl (C=O) groups is 1. The fourth-order valence-electron chi connectivity index (χ4n) is 3.60. The molecule has 2 unspecified atom stereocenters. The molecule has 0 saturated carbocycles. The molecule has 3 heterocycles. The standard InChI is InChI=1S/C20H28N2O3S/c1-4-14(5-2)18-10-15(8-9-24-18)21-19(23)11-16-12-26-20(22-16)17-7-6-13(3)25-17/h6-7,12,14-15,18H,4-5,8-11H2,1-3H3,(H,21,23). The third-order valence-electron chi connectivity index (χ3n) is 5.10. The van der Waals surface area contributed by atoms with Crippen LogP contribution in [-0.4, -0.2) is 29.6 Å². The molecule has 142 valence electrons. The van der Waals surface area contributed by atoms with Crippen LogP contribution in [0.5, 0.6) is 0 Å². The van der Waals surface area contributed by atoms with Crippen LogP contribution in [0.3, 0.4) is 0 Å². The van der Waals surface area contributed by atoms with Gasteiger partial charge in [0.15, 0.2) is 10.8 Å². The van der Waals surface area contributed by atoms with Gasteiger partial charge in [0.25, 0.3) is 0 Å². The van der Waals surface area contributed by atoms with Gasteiger partial charge in [0.1, 0.15) is 5.76 Å². The van der Waals surface area contributed by atoms with Crippen molar-refractivity contribution < 1.29 is 13.9 Å². The number of furan rings is 1. The summed E-state index contributed by atoms with van der Waals surface area (Å²) in [6, 6.07) is 4.04. The van der Waals surface area contributed by atoms with Crippen molar-refractivity contribution in [2.75, 3.05) is 6.61 Å². The second-order valence-electron chi connectivity index (χ2n) is 7.01. The average Bonchev–Trinajstić information content (AvgIpc) is 3.25. The highest BCUT2D eigenvalue weighted by Crippen LogP contribution is 2.27. The Morgan fingerprint density at radius 3 is 2.88 bits per heavy atom. The molecular weight excluding hydrogens is 348 g/mol. The zero-order valence-corrected chi connectivity index (χ0v) is 16.6. The first kappa shape index (κ1) is 19.1. The van der Waals surface area contributed by atoms with Gasteiger partial charge in [-0.1, -0.05) is 26.7 Å². The molecular formula is C20H28N2O3S. The first-order chi connectivity index (χ1) is 12.6. The van der Waals surface area contributed by atoms with E-state index in [1.807, 2.05) is 24.4 Å². The summed E-state index contributed by atoms with van der Waals surface area (Å²) >= 11 is 1.51. The lowest BCUT2D eigenvalue weighted by atomic mass is 9.89. The summed E-state index contributed by atoms with van der Waals surface area (Å²) in [5.74, 6) is 2.23. The Labute approximate surface area is 159 Å². The fourth-order valence-corrected chi connectivity index (χ4v) is 4.38. The van der Waals surface area contributed by atoms with E-state index in [4.69, 9.17) is 9.15 Å². The molecule has 1 fully saturated rings. The van der Waals surface area contributed by atoms with Gasteiger partial charge in [-0.3, -0.25) is 4.79 Å². The number of ether oxygens (including phenoxy) is 1. The first-order valence-corrected chi connectivity index (χ1v) is 10.4. The maximum absolute atomic E-state index is 12.4. The molecule has 1 aliphatic heterocycles. The predicted molar refractivity (Wildman–Crippen MR) is 103 cm³/mol. The summed E-state index contributed by atoms with van der Waals surface area (Å²) in [6.45, 7) is 7.05. The van der Waals surface area contributed by atoms with Gasteiger partial charge < -0.3 is 14.5 Å². The van der Waals surface area contributed by atoms with Crippen LogP contribution < -0.4 is 5.32 Å². The molecule has 0 spiro atoms. The van der Waals surface area contributed by atoms with Crippen molar-refractivity contribution in [1.29, 1.82) is 0 Å². The van der Waals surface area contributed by atoms with Gasteiger partial charge in [0.2, 0.25) is 5.91 Å². The molecule has 1 amide bonds. The van der Waals surface area contributed by atoms with Gasteiger partial charge in [-0.2, -0.15) is 0 Å². The maximum atomic E-state index is 12.4. The van der Waals surface area contributed by atoms with Crippen LogP contribution in [0.15, 0.2) is 21.9 Å². The Morgan fingerprint density at radius 2 is 2.19 bits per heavy atom. The molecule has 26 heavy (non-hydrogen) atoms. The van der Waals surface area contributed by atoms with E-state index in [2.05, 4.69) is 24.1 Å². The van der Waals surface area contributed by atoms with Crippen molar-refractivity contribution in [3.8, 4) is 10.8 Å². The van der Waals surface area contributed by atoms with Crippen molar-refractivity contribution >= 4 is 17.2 Å². The Bertz CT molecular complexity index is 720. The van der Waals surface area contributed by atoms with Crippen LogP contribution in [0.25, 0.3) is 10.8 Å². The van der Waals surface area contributed by atoms with Crippen molar-refractivity contribution in [3.05, 3.63) is 29.0 Å². The minimum absolute atomic E-state index is 0.0349. The van der Waals surface area contributed by atoms with E-state index in [-0.39, 0.29) is 18.1 Å². The van der Waals surface area contributed by atoms with Gasteiger partial charge in [0, 0.05) is 18.0 Å². The zero-order chi connectivity index (χ0) is 18.5. The topological polar surface area (TPSA) is 64.4 Å². The number of aryl methyl sites for hydroxylation is 1. The lowest BCUT2D eigenvalue weighted by Crippen LogP contribution is -2.44. The van der Waals surface area contributed by atoms with Crippen LogP contribution in [0, 0.1) is 12.8 Å². The summed E-state index contributed by atoms with van der Waals surface area (Å²) in [5, 5.41) is 5.93. The Kier molecular flexibility index (Phi) is 6.48. The molecule has 1 N–H and O–H groups in total. The van der Waals surface area contributed by atoms with Crippen LogP contribution in [0.1, 0.15) is 51.0 Å². The van der Waals surface area contributed by atoms with Gasteiger partial charge in [-0.05, 0) is 37.8 Å². The van der Waals surface area contributed by atoms with E-state index in [1.54, 1.807) is 0 Å². The Hall–Kier alpha value is -1.66. The van der Waals surface area contributed by atoms with E-state index < -0.39 is 0 Å². The quantitative estimate of drug-likeness (QED) is 0.780. The predicted octanol–water partition coefficient (Wildman–Crippen LogP) is 4.35. The molecule has 0 aromatic carbocycles. The minimum Gasteiger partial charge on any atom is -0.459 e. The summed E-state index contributed by atoms with van der Waals surface area (Å²) in [7, 11) is 0. The number of thiazole rings is 1. The fraction of sp³-hybridized carbons (Fsp3) is 0.600. The maximum Gasteiger partial charge on any atom is 0.226 e. The number of aromatic nitrogens is 1. The molecule has 5 nitrogen and oxygen atoms in total. The smallest absolute Gasteiger partial charge is 0.226 e. The van der Waals surface area contributed by atoms with Crippen LogP contribution >= 0.6 is 11.3 Å². The van der Waals surface area contributed by atoms with Crippen molar-refractivity contribution in [3.63, 3.8) is 0 Å². The van der Waals surface area contributed by atoms with E-state index in [9.17, 15) is 4.79 Å². The normalized spacial score (nSPS) is 20.5. The zero-order valence-electron chi connectivity index (χ0n) is 15.8. The first-order valence-electron chi connectivity index (χ1n) is 9.51. The number of carbonyl (C=O) groups excluding carboxylic acids is 1. The molecule has 1 aliphatic rings. The summed E-state index contributed by atoms with van der Waals surface area (Å²) in [5.41, 5.74) is 0.792. The highest BCUT2D eigenvalue weighted by Gasteiger charge is 2.28. The Balaban J connectivity index is 1.53. The molecule has 6 heteroatoms. The number of nitrogens with one attached hydrogen (secondary N) is 1. The summed E-state index contributed by atoms with van der Waals surface area (Å²) in [4.78, 5) is 17.0. The summed E-state index contributed by atoms with van der Waals surface area (Å²) < 4.78 is 11.5. The second kappa shape index (κ2) is 8.82. The number of amides is 1. The molecule has 0 radical (unpaired) electrons. The second-order valence-corrected chi connectivity index (χ2v) is 7.86. The van der Waals surface area contributed by atoms with Gasteiger partial charge >= 0.3 is 0 Å². The van der Waals surface area contributed by atoms with Gasteiger partial charge in [0.05, 0.1) is 18.2 Å². The van der Waals surface area contributed by atoms with E-state index in [1.165, 1.54) is 11.3 Å². The molecule has 0 aliphatic carbocycles. The monoisotopic (exact) mass is 376 g/mol. The number of rotatable bonds is 7. The lowest BCUT2D eigenvalue weighted by Gasteiger charge is -2.34. The number of hydrogen-bond acceptors (Lipinski definition) is 5. The van der Waals surface area contributed by atoms with Crippen molar-refractivity contribution in [2.24, 2.45) is 5.92 Å². The third-order valence-corrected chi connectivity index (χ3v) is 6.00. The van der Waals surface area contributed by atoms with Gasteiger partial charge in [-0.15, -0.1) is 11.3 Å². The highest BCUT2D eigenvalue weighted by atomic mass is 32.1. The third kappa shape index (κ3) is 4.74. The van der Waals surface area contributed by atoms with E-state index in [0.717, 1.165) is 54.5 Å². The molecule has 2 aromatic rings. The van der Waals surface area contributed by atoms with E-state index in [0.29, 0.717) is 12.3 Å². The molecule has 2 aromatic heterocycles. The van der Waals surface area contributed by atoms with Crippen molar-refractivity contribution in [1.82, 2.24) is 10.3 Å². The van der Waals surface area contributed by atoms with E-state index >= 15 is 0 Å². The number of nitrogens with zero attached hydrogens (tertiary/aromatic N) is 1. The van der Waals surface area contributed by atoms with Crippen molar-refractivity contribution in [2.45, 2.75) is 65.0 Å². The van der Waals surface area contributed by atoms with Crippen LogP contribution in [-0.2, 0) is 16.0 Å². The number of hydrogen-bond donors (Lipinski definition) is 1. The SMILES string of the molecule is CCC(CC)C1CC(NC(=O)Cc2csc(-c3ccc(C)o3)n2)CCO1. The highest BCUT2D eigenvalue weighted by molar-refractivity contribution is 7.13. The van der Waals surface area contributed by atoms with Crippen LogP contribution in [0.4, 0.5) is 0 Å². The Morgan fingerprint density at radius 1 is 1.38 bits per heavy atom. The lowest BCUT2D eigenvalue weighted by molar-refractivity contribution is -0.122. The average molecular weight is 377 g/mol. The van der Waals surface area contributed by atoms with Gasteiger partial charge in [-0.25, -0.2) is 4.98 Å². The largest absolute Gasteiger partial charge is 0.459 e. The van der Waals surface area contributed by atoms with Crippen LogP contribution in [0.2, 0.25) is 0 Å². The minimum atomic E-state index is 0.0349.